The summed E-state index contributed by atoms with van der Waals surface area (Å²) in [6.45, 7) is 2.53. The zero-order valence-electron chi connectivity index (χ0n) is 11.0. The number of nitrogens with one attached hydrogen (secondary N) is 2. The minimum Gasteiger partial charge on any atom is -0.494 e. The summed E-state index contributed by atoms with van der Waals surface area (Å²) in [4.78, 5) is 25.5. The van der Waals surface area contributed by atoms with Crippen molar-refractivity contribution in [2.75, 3.05) is 6.61 Å². The van der Waals surface area contributed by atoms with Crippen LogP contribution in [0.15, 0.2) is 39.5 Å². The molecule has 2 aromatic heterocycles. The van der Waals surface area contributed by atoms with Crippen molar-refractivity contribution >= 4 is 34.4 Å². The lowest BCUT2D eigenvalue weighted by atomic mass is 10.3. The maximum absolute atomic E-state index is 11.4. The highest BCUT2D eigenvalue weighted by atomic mass is 35.5. The van der Waals surface area contributed by atoms with Crippen LogP contribution in [0.3, 0.4) is 0 Å². The average Bonchev–Trinajstić information content (AvgIpc) is 2.86. The second-order valence-electron chi connectivity index (χ2n) is 4.11. The van der Waals surface area contributed by atoms with Crippen LogP contribution in [0.4, 0.5) is 0 Å². The van der Waals surface area contributed by atoms with Gasteiger partial charge in [-0.1, -0.05) is 11.6 Å². The Labute approximate surface area is 128 Å². The molecule has 108 valence electrons. The zero-order chi connectivity index (χ0) is 14.8. The number of halogens is 1. The molecule has 3 rings (SSSR count). The predicted octanol–water partition coefficient (Wildman–Crippen LogP) is 2.85. The molecule has 3 aromatic rings. The highest BCUT2D eigenvalue weighted by Gasteiger charge is 2.11. The summed E-state index contributed by atoms with van der Waals surface area (Å²) in [5, 5.41) is 1.07. The molecule has 0 amide bonds. The number of ether oxygens (including phenoxy) is 1. The molecule has 1 aromatic carbocycles. The molecule has 0 radical (unpaired) electrons. The number of aromatic amines is 2. The third-order valence-corrected chi connectivity index (χ3v) is 4.05. The van der Waals surface area contributed by atoms with Gasteiger partial charge < -0.3 is 14.7 Å². The number of rotatable bonds is 4. The third-order valence-electron chi connectivity index (χ3n) is 2.70. The Morgan fingerprint density at radius 1 is 1.43 bits per heavy atom. The fourth-order valence-corrected chi connectivity index (χ4v) is 2.79. The molecule has 21 heavy (non-hydrogen) atoms. The van der Waals surface area contributed by atoms with E-state index in [4.69, 9.17) is 16.3 Å². The number of nitrogens with zero attached hydrogens (tertiary/aromatic N) is 2. The molecule has 0 fully saturated rings. The van der Waals surface area contributed by atoms with Gasteiger partial charge in [0.05, 0.1) is 24.0 Å². The van der Waals surface area contributed by atoms with E-state index in [9.17, 15) is 4.79 Å². The average molecular weight is 323 g/mol. The van der Waals surface area contributed by atoms with E-state index in [1.165, 1.54) is 18.1 Å². The van der Waals surface area contributed by atoms with Crippen molar-refractivity contribution in [1.29, 1.82) is 0 Å². The molecule has 8 heteroatoms. The molecule has 6 nitrogen and oxygen atoms in total. The van der Waals surface area contributed by atoms with Gasteiger partial charge in [0.15, 0.2) is 5.16 Å². The van der Waals surface area contributed by atoms with E-state index in [1.807, 2.05) is 25.1 Å². The summed E-state index contributed by atoms with van der Waals surface area (Å²) in [6.07, 6.45) is 1.31. The van der Waals surface area contributed by atoms with Crippen LogP contribution in [0.5, 0.6) is 5.75 Å². The first-order valence-corrected chi connectivity index (χ1v) is 7.40. The van der Waals surface area contributed by atoms with Gasteiger partial charge in [0.2, 0.25) is 0 Å². The van der Waals surface area contributed by atoms with E-state index in [-0.39, 0.29) is 10.6 Å². The van der Waals surface area contributed by atoms with Crippen LogP contribution < -0.4 is 10.3 Å². The highest BCUT2D eigenvalue weighted by molar-refractivity contribution is 7.99. The molecular weight excluding hydrogens is 312 g/mol. The van der Waals surface area contributed by atoms with Gasteiger partial charge in [-0.05, 0) is 30.8 Å². The summed E-state index contributed by atoms with van der Waals surface area (Å²) in [5.41, 5.74) is 1.29. The minimum atomic E-state index is -0.371. The maximum atomic E-state index is 11.4. The molecule has 2 N–H and O–H groups in total. The molecule has 0 spiro atoms. The lowest BCUT2D eigenvalue weighted by Gasteiger charge is -2.00. The SMILES string of the molecule is CCOc1ccc2nc(Sc3nc[nH]c(=O)c3Cl)[nH]c2c1. The summed E-state index contributed by atoms with van der Waals surface area (Å²) in [5.74, 6) is 0.775. The molecule has 0 bridgehead atoms. The fraction of sp³-hybridized carbons (Fsp3) is 0.154. The lowest BCUT2D eigenvalue weighted by Crippen LogP contribution is -2.07. The highest BCUT2D eigenvalue weighted by Crippen LogP contribution is 2.29. The van der Waals surface area contributed by atoms with Gasteiger partial charge in [0.25, 0.3) is 5.56 Å². The Bertz CT molecular complexity index is 846. The topological polar surface area (TPSA) is 83.7 Å². The van der Waals surface area contributed by atoms with Crippen LogP contribution in [0, 0.1) is 0 Å². The zero-order valence-corrected chi connectivity index (χ0v) is 12.6. The molecular formula is C13H11ClN4O2S. The van der Waals surface area contributed by atoms with Crippen LogP contribution in [-0.4, -0.2) is 26.5 Å². The van der Waals surface area contributed by atoms with Crippen molar-refractivity contribution in [3.63, 3.8) is 0 Å². The van der Waals surface area contributed by atoms with E-state index >= 15 is 0 Å². The standard InChI is InChI=1S/C13H11ClN4O2S/c1-2-20-7-3-4-8-9(5-7)18-13(17-8)21-12-10(14)11(19)15-6-16-12/h3-6H,2H2,1H3,(H,17,18)(H,15,16,19). The summed E-state index contributed by atoms with van der Waals surface area (Å²) in [7, 11) is 0. The number of imidazole rings is 1. The van der Waals surface area contributed by atoms with Crippen molar-refractivity contribution in [2.45, 2.75) is 17.1 Å². The largest absolute Gasteiger partial charge is 0.494 e. The summed E-state index contributed by atoms with van der Waals surface area (Å²) >= 11 is 7.12. The Kier molecular flexibility index (Phi) is 3.85. The first-order chi connectivity index (χ1) is 10.2. The van der Waals surface area contributed by atoms with Crippen molar-refractivity contribution in [2.24, 2.45) is 0 Å². The quantitative estimate of drug-likeness (QED) is 0.722. The smallest absolute Gasteiger partial charge is 0.270 e. The normalized spacial score (nSPS) is 11.0. The second-order valence-corrected chi connectivity index (χ2v) is 5.46. The Morgan fingerprint density at radius 3 is 3.10 bits per heavy atom. The van der Waals surface area contributed by atoms with E-state index in [1.54, 1.807) is 0 Å². The number of benzene rings is 1. The van der Waals surface area contributed by atoms with Crippen molar-refractivity contribution < 1.29 is 4.74 Å². The van der Waals surface area contributed by atoms with Crippen LogP contribution >= 0.6 is 23.4 Å². The van der Waals surface area contributed by atoms with Gasteiger partial charge in [-0.3, -0.25) is 4.79 Å². The Balaban J connectivity index is 1.94. The van der Waals surface area contributed by atoms with E-state index in [0.29, 0.717) is 16.8 Å². The first-order valence-electron chi connectivity index (χ1n) is 6.21. The third kappa shape index (κ3) is 2.88. The molecule has 0 saturated carbocycles. The summed E-state index contributed by atoms with van der Waals surface area (Å²) < 4.78 is 5.44. The van der Waals surface area contributed by atoms with Crippen LogP contribution in [0.25, 0.3) is 11.0 Å². The maximum Gasteiger partial charge on any atom is 0.270 e. The molecule has 2 heterocycles. The number of hydrogen-bond acceptors (Lipinski definition) is 5. The molecule has 0 aliphatic heterocycles. The van der Waals surface area contributed by atoms with Gasteiger partial charge in [0.1, 0.15) is 15.8 Å². The number of H-pyrrole nitrogens is 2. The fourth-order valence-electron chi connectivity index (χ4n) is 1.80. The van der Waals surface area contributed by atoms with Crippen LogP contribution in [0.2, 0.25) is 5.02 Å². The van der Waals surface area contributed by atoms with Gasteiger partial charge >= 0.3 is 0 Å². The minimum absolute atomic E-state index is 0.0537. The number of aromatic nitrogens is 4. The number of hydrogen-bond donors (Lipinski definition) is 2. The Hall–Kier alpha value is -1.99. The van der Waals surface area contributed by atoms with Crippen LogP contribution in [-0.2, 0) is 0 Å². The van der Waals surface area contributed by atoms with Gasteiger partial charge in [0, 0.05) is 6.07 Å². The number of fused-ring (bicyclic) bond motifs is 1. The van der Waals surface area contributed by atoms with E-state index < -0.39 is 0 Å². The summed E-state index contributed by atoms with van der Waals surface area (Å²) in [6, 6.07) is 5.61. The second kappa shape index (κ2) is 5.79. The molecule has 0 aliphatic rings. The molecule has 0 unspecified atom stereocenters. The first kappa shape index (κ1) is 14.0. The lowest BCUT2D eigenvalue weighted by molar-refractivity contribution is 0.340. The van der Waals surface area contributed by atoms with Crippen molar-refractivity contribution in [3.05, 3.63) is 39.9 Å². The van der Waals surface area contributed by atoms with E-state index in [0.717, 1.165) is 16.8 Å². The Morgan fingerprint density at radius 2 is 2.29 bits per heavy atom. The van der Waals surface area contributed by atoms with Crippen molar-refractivity contribution in [1.82, 2.24) is 19.9 Å². The van der Waals surface area contributed by atoms with Crippen LogP contribution in [0.1, 0.15) is 6.92 Å². The predicted molar refractivity (Wildman–Crippen MR) is 81.3 cm³/mol. The van der Waals surface area contributed by atoms with Gasteiger partial charge in [-0.15, -0.1) is 0 Å². The van der Waals surface area contributed by atoms with E-state index in [2.05, 4.69) is 19.9 Å². The molecule has 0 aliphatic carbocycles. The van der Waals surface area contributed by atoms with Gasteiger partial charge in [-0.25, -0.2) is 9.97 Å². The van der Waals surface area contributed by atoms with Crippen molar-refractivity contribution in [3.8, 4) is 5.75 Å². The molecule has 0 saturated heterocycles. The monoisotopic (exact) mass is 322 g/mol. The molecule has 0 atom stereocenters. The van der Waals surface area contributed by atoms with Gasteiger partial charge in [-0.2, -0.15) is 0 Å².